The summed E-state index contributed by atoms with van der Waals surface area (Å²) in [6, 6.07) is -1.05. The number of aliphatic hydroxyl groups is 1. The maximum absolute atomic E-state index is 14.3. The second kappa shape index (κ2) is 18.3. The number of Topliss-reactive ketones (excluding diaryl/α,β-unsaturated/α-hetero) is 1. The molecule has 0 spiro atoms. The number of ketones is 1. The Kier molecular flexibility index (Phi) is 15.6. The largest absolute Gasteiger partial charge is 0.457 e. The van der Waals surface area contributed by atoms with Crippen LogP contribution in [0.4, 0.5) is 0 Å². The monoisotopic (exact) mass is 709 g/mol. The SMILES string of the molecule is C#CO[C@@]1(C)[C@H](N)[C@@H](C)NC[C@H](C)C[C@@](C)(OC)[C@H](O[C@@H]2O[C@H]([C@@H](C)N3CCCCC3)C[C@H](N(C)C)[C@H]2O)[C@@H](C)C(=O)C(C)C(=O)O[C@@H]1CC. The molecule has 4 N–H and O–H groups in total. The molecular formula is C38H68N4O8. The summed E-state index contributed by atoms with van der Waals surface area (Å²) >= 11 is 0. The average molecular weight is 709 g/mol. The van der Waals surface area contributed by atoms with E-state index in [9.17, 15) is 14.7 Å². The third-order valence-corrected chi connectivity index (χ3v) is 11.9. The van der Waals surface area contributed by atoms with Crippen LogP contribution in [0.1, 0.15) is 93.9 Å². The first-order valence-corrected chi connectivity index (χ1v) is 18.8. The van der Waals surface area contributed by atoms with E-state index in [1.165, 1.54) is 6.42 Å². The van der Waals surface area contributed by atoms with Crippen LogP contribution in [0.5, 0.6) is 0 Å². The van der Waals surface area contributed by atoms with Gasteiger partial charge in [0.25, 0.3) is 0 Å². The normalized spacial score (nSPS) is 42.5. The lowest BCUT2D eigenvalue weighted by Gasteiger charge is -2.49. The highest BCUT2D eigenvalue weighted by Gasteiger charge is 2.51. The van der Waals surface area contributed by atoms with E-state index in [1.54, 1.807) is 27.9 Å². The van der Waals surface area contributed by atoms with Crippen LogP contribution in [0, 0.1) is 30.3 Å². The number of carbonyl (C=O) groups is 2. The number of nitrogens with one attached hydrogen (secondary N) is 1. The van der Waals surface area contributed by atoms with Crippen LogP contribution < -0.4 is 11.1 Å². The molecule has 3 heterocycles. The molecule has 0 radical (unpaired) electrons. The van der Waals surface area contributed by atoms with Crippen molar-refractivity contribution in [2.45, 2.75) is 160 Å². The first-order chi connectivity index (χ1) is 23.4. The number of hydrogen-bond donors (Lipinski definition) is 3. The Bertz CT molecular complexity index is 1150. The second-order valence-corrected chi connectivity index (χ2v) is 15.9. The summed E-state index contributed by atoms with van der Waals surface area (Å²) in [7, 11) is 5.51. The van der Waals surface area contributed by atoms with Gasteiger partial charge in [-0.1, -0.05) is 33.6 Å². The predicted molar refractivity (Wildman–Crippen MR) is 193 cm³/mol. The van der Waals surface area contributed by atoms with Gasteiger partial charge in [0.05, 0.1) is 23.9 Å². The van der Waals surface area contributed by atoms with Crippen molar-refractivity contribution in [1.82, 2.24) is 15.1 Å². The van der Waals surface area contributed by atoms with Gasteiger partial charge in [-0.05, 0) is 106 Å². The van der Waals surface area contributed by atoms with E-state index in [-0.39, 0.29) is 35.9 Å². The molecule has 12 nitrogen and oxygen atoms in total. The third-order valence-electron chi connectivity index (χ3n) is 11.9. The predicted octanol–water partition coefficient (Wildman–Crippen LogP) is 2.93. The molecule has 14 atom stereocenters. The molecule has 3 saturated heterocycles. The van der Waals surface area contributed by atoms with Gasteiger partial charge in [-0.3, -0.25) is 14.5 Å². The molecule has 0 aliphatic carbocycles. The summed E-state index contributed by atoms with van der Waals surface area (Å²) in [4.78, 5) is 32.5. The fraction of sp³-hybridized carbons (Fsp3) is 0.895. The number of carbonyl (C=O) groups excluding carboxylic acids is 2. The topological polar surface area (TPSA) is 145 Å². The summed E-state index contributed by atoms with van der Waals surface area (Å²) in [6.07, 6.45) is 8.96. The number of nitrogens with two attached hydrogens (primary N) is 1. The molecule has 50 heavy (non-hydrogen) atoms. The standard InChI is InChI=1S/C38H68N4O8/c1-13-30-38(9,47-14-2)33(39)26(6)40-22-23(3)21-37(8,46-12)34(24(4)31(43)25(5)35(45)49-30)50-36-32(44)28(41(10)11)20-29(48-36)27(7)42-18-16-15-17-19-42/h2,23-30,32-34,36,40,44H,13,15-22,39H2,1,3-12H3/t23-,24+,25?,26-,27-,28+,29+,30-,32-,33-,34-,36+,37-,38-/m1/s1. The van der Waals surface area contributed by atoms with E-state index in [0.29, 0.717) is 25.8 Å². The van der Waals surface area contributed by atoms with Crippen LogP contribution in [-0.2, 0) is 33.3 Å². The highest BCUT2D eigenvalue weighted by Crippen LogP contribution is 2.37. The number of hydrogen-bond acceptors (Lipinski definition) is 12. The van der Waals surface area contributed by atoms with Crippen LogP contribution in [0.25, 0.3) is 0 Å². The number of cyclic esters (lactones) is 1. The number of rotatable bonds is 8. The quantitative estimate of drug-likeness (QED) is 0.194. The lowest BCUT2D eigenvalue weighted by atomic mass is 9.78. The summed E-state index contributed by atoms with van der Waals surface area (Å²) in [5.74, 6) is -3.02. The van der Waals surface area contributed by atoms with E-state index in [2.05, 4.69) is 30.2 Å². The van der Waals surface area contributed by atoms with Crippen molar-refractivity contribution in [3.05, 3.63) is 0 Å². The van der Waals surface area contributed by atoms with Crippen molar-refractivity contribution < 1.29 is 38.4 Å². The summed E-state index contributed by atoms with van der Waals surface area (Å²) in [5, 5.41) is 15.3. The van der Waals surface area contributed by atoms with E-state index < -0.39 is 59.7 Å². The molecule has 12 heteroatoms. The number of likely N-dealkylation sites (N-methyl/N-ethyl adjacent to an activating group) is 1. The molecule has 3 aliphatic rings. The molecule has 288 valence electrons. The number of likely N-dealkylation sites (tertiary alicyclic amines) is 1. The molecule has 1 unspecified atom stereocenters. The number of aliphatic hydroxyl groups excluding tert-OH is 1. The van der Waals surface area contributed by atoms with E-state index in [1.807, 2.05) is 39.8 Å². The molecule has 0 aromatic carbocycles. The second-order valence-electron chi connectivity index (χ2n) is 15.9. The van der Waals surface area contributed by atoms with Gasteiger partial charge in [-0.15, -0.1) is 0 Å². The van der Waals surface area contributed by atoms with Crippen LogP contribution in [0.2, 0.25) is 0 Å². The number of esters is 1. The molecule has 0 aromatic heterocycles. The Hall–Kier alpha value is -1.82. The van der Waals surface area contributed by atoms with Gasteiger partial charge in [0.1, 0.15) is 24.2 Å². The highest BCUT2D eigenvalue weighted by atomic mass is 16.7. The van der Waals surface area contributed by atoms with E-state index in [4.69, 9.17) is 35.8 Å². The Labute approximate surface area is 301 Å². The minimum Gasteiger partial charge on any atom is -0.457 e. The number of piperidine rings is 1. The summed E-state index contributed by atoms with van der Waals surface area (Å²) < 4.78 is 31.5. The Morgan fingerprint density at radius 1 is 1.16 bits per heavy atom. The van der Waals surface area contributed by atoms with Crippen LogP contribution in [0.15, 0.2) is 0 Å². The van der Waals surface area contributed by atoms with Crippen molar-refractivity contribution in [2.24, 2.45) is 23.5 Å². The Morgan fingerprint density at radius 3 is 2.36 bits per heavy atom. The number of terminal acetylenes is 1. The minimum absolute atomic E-state index is 0.0313. The van der Waals surface area contributed by atoms with Gasteiger partial charge >= 0.3 is 5.97 Å². The highest BCUT2D eigenvalue weighted by molar-refractivity contribution is 6.00. The summed E-state index contributed by atoms with van der Waals surface area (Å²) in [5.41, 5.74) is 4.53. The van der Waals surface area contributed by atoms with Crippen molar-refractivity contribution >= 4 is 11.8 Å². The lowest BCUT2D eigenvalue weighted by Crippen LogP contribution is -2.63. The third kappa shape index (κ3) is 9.58. The maximum Gasteiger partial charge on any atom is 0.316 e. The number of nitrogens with zero attached hydrogens (tertiary/aromatic N) is 2. The zero-order valence-electron chi connectivity index (χ0n) is 32.6. The molecule has 0 saturated carbocycles. The number of ether oxygens (including phenoxy) is 5. The molecule has 0 aromatic rings. The van der Waals surface area contributed by atoms with E-state index >= 15 is 0 Å². The van der Waals surface area contributed by atoms with Gasteiger partial charge in [0.2, 0.25) is 0 Å². The molecule has 3 aliphatic heterocycles. The first-order valence-electron chi connectivity index (χ1n) is 18.8. The first kappa shape index (κ1) is 42.6. The van der Waals surface area contributed by atoms with Gasteiger partial charge in [-0.2, -0.15) is 0 Å². The molecule has 0 amide bonds. The Morgan fingerprint density at radius 2 is 1.80 bits per heavy atom. The minimum atomic E-state index is -1.23. The fourth-order valence-corrected chi connectivity index (χ4v) is 8.38. The fourth-order valence-electron chi connectivity index (χ4n) is 8.38. The molecule has 3 rings (SSSR count). The summed E-state index contributed by atoms with van der Waals surface area (Å²) in [6.45, 7) is 17.6. The van der Waals surface area contributed by atoms with Gasteiger partial charge < -0.3 is 44.7 Å². The van der Waals surface area contributed by atoms with Crippen LogP contribution >= 0.6 is 0 Å². The smallest absolute Gasteiger partial charge is 0.316 e. The average Bonchev–Trinajstić information content (AvgIpc) is 3.10. The van der Waals surface area contributed by atoms with Crippen LogP contribution in [-0.4, -0.2) is 134 Å². The van der Waals surface area contributed by atoms with Crippen molar-refractivity contribution in [1.29, 1.82) is 0 Å². The van der Waals surface area contributed by atoms with Crippen molar-refractivity contribution in [2.75, 3.05) is 40.8 Å². The zero-order valence-corrected chi connectivity index (χ0v) is 32.6. The lowest BCUT2D eigenvalue weighted by molar-refractivity contribution is -0.303. The van der Waals surface area contributed by atoms with Gasteiger partial charge in [-0.25, -0.2) is 0 Å². The maximum atomic E-state index is 14.3. The molecular weight excluding hydrogens is 640 g/mol. The zero-order chi connectivity index (χ0) is 37.6. The molecule has 0 bridgehead atoms. The van der Waals surface area contributed by atoms with Crippen molar-refractivity contribution in [3.63, 3.8) is 0 Å². The number of methoxy groups -OCH3 is 1. The Balaban J connectivity index is 2.04. The van der Waals surface area contributed by atoms with Gasteiger partial charge in [0.15, 0.2) is 17.7 Å². The molecule has 3 fully saturated rings. The van der Waals surface area contributed by atoms with Crippen molar-refractivity contribution in [3.8, 4) is 12.5 Å². The van der Waals surface area contributed by atoms with E-state index in [0.717, 1.165) is 25.9 Å². The van der Waals surface area contributed by atoms with Gasteiger partial charge in [0, 0.05) is 31.2 Å². The van der Waals surface area contributed by atoms with Crippen LogP contribution in [0.3, 0.4) is 0 Å².